The number of ether oxygens (including phenoxy) is 1. The van der Waals surface area contributed by atoms with E-state index in [4.69, 9.17) is 4.74 Å². The van der Waals surface area contributed by atoms with Crippen molar-refractivity contribution in [3.63, 3.8) is 0 Å². The number of piperidine rings is 1. The van der Waals surface area contributed by atoms with Gasteiger partial charge in [-0.1, -0.05) is 6.07 Å². The molecule has 0 bridgehead atoms. The molecule has 0 aliphatic carbocycles. The van der Waals surface area contributed by atoms with E-state index in [-0.39, 0.29) is 40.9 Å². The van der Waals surface area contributed by atoms with Crippen molar-refractivity contribution in [2.24, 2.45) is 0 Å². The van der Waals surface area contributed by atoms with E-state index in [2.05, 4.69) is 30.8 Å². The lowest BCUT2D eigenvalue weighted by atomic mass is 10.1. The van der Waals surface area contributed by atoms with Crippen LogP contribution in [0.1, 0.15) is 39.3 Å². The molecular formula is C27H33F4N7O4. The molecule has 1 aromatic carbocycles. The van der Waals surface area contributed by atoms with E-state index < -0.39 is 51.9 Å². The van der Waals surface area contributed by atoms with E-state index in [1.165, 1.54) is 0 Å². The highest BCUT2D eigenvalue weighted by atomic mass is 19.4. The van der Waals surface area contributed by atoms with Gasteiger partial charge in [0.15, 0.2) is 5.82 Å². The number of hydrogen-bond donors (Lipinski definition) is 4. The molecule has 0 atom stereocenters. The highest BCUT2D eigenvalue weighted by molar-refractivity contribution is 5.90. The first-order valence-electron chi connectivity index (χ1n) is 13.3. The van der Waals surface area contributed by atoms with Crippen LogP contribution in [0.15, 0.2) is 29.1 Å². The van der Waals surface area contributed by atoms with Crippen LogP contribution in [0.5, 0.6) is 5.75 Å². The summed E-state index contributed by atoms with van der Waals surface area (Å²) in [5.41, 5.74) is -4.94. The number of para-hydroxylation sites is 1. The molecule has 15 heteroatoms. The van der Waals surface area contributed by atoms with Crippen molar-refractivity contribution in [2.45, 2.75) is 51.4 Å². The second-order valence-corrected chi connectivity index (χ2v) is 11.0. The van der Waals surface area contributed by atoms with Crippen molar-refractivity contribution in [1.29, 1.82) is 0 Å². The summed E-state index contributed by atoms with van der Waals surface area (Å²) in [5.74, 6) is -2.20. The van der Waals surface area contributed by atoms with Gasteiger partial charge in [0.25, 0.3) is 5.56 Å². The van der Waals surface area contributed by atoms with Crippen LogP contribution in [-0.4, -0.2) is 75.5 Å². The predicted octanol–water partition coefficient (Wildman–Crippen LogP) is 4.09. The molecule has 1 amide bonds. The monoisotopic (exact) mass is 595 g/mol. The zero-order chi connectivity index (χ0) is 30.8. The number of hydrogen-bond acceptors (Lipinski definition) is 9. The van der Waals surface area contributed by atoms with Crippen LogP contribution >= 0.6 is 0 Å². The van der Waals surface area contributed by atoms with Gasteiger partial charge < -0.3 is 30.7 Å². The minimum absolute atomic E-state index is 0.0115. The summed E-state index contributed by atoms with van der Waals surface area (Å²) in [6.07, 6.45) is -4.34. The first-order valence-corrected chi connectivity index (χ1v) is 13.3. The predicted molar refractivity (Wildman–Crippen MR) is 149 cm³/mol. The minimum atomic E-state index is -5.12. The number of aromatic nitrogens is 3. The summed E-state index contributed by atoms with van der Waals surface area (Å²) in [6, 6.07) is 3.49. The molecule has 4 N–H and O–H groups in total. The van der Waals surface area contributed by atoms with Gasteiger partial charge in [-0.15, -0.1) is 0 Å². The molecule has 0 unspecified atom stereocenters. The molecule has 3 heterocycles. The van der Waals surface area contributed by atoms with Gasteiger partial charge in [-0.3, -0.25) is 9.36 Å². The number of phenols is 1. The van der Waals surface area contributed by atoms with Crippen molar-refractivity contribution < 1.29 is 32.2 Å². The number of carbonyl (C=O) groups excluding carboxylic acids is 1. The fourth-order valence-corrected chi connectivity index (χ4v) is 4.54. The van der Waals surface area contributed by atoms with Gasteiger partial charge in [0, 0.05) is 19.1 Å². The topological polar surface area (TPSA) is 134 Å². The van der Waals surface area contributed by atoms with Crippen molar-refractivity contribution in [3.05, 3.63) is 46.1 Å². The number of rotatable bonds is 7. The lowest BCUT2D eigenvalue weighted by Crippen LogP contribution is -2.37. The number of aromatic hydroxyl groups is 1. The summed E-state index contributed by atoms with van der Waals surface area (Å²) >= 11 is 0. The smallest absolute Gasteiger partial charge is 0.431 e. The lowest BCUT2D eigenvalue weighted by molar-refractivity contribution is -0.142. The first-order chi connectivity index (χ1) is 19.6. The van der Waals surface area contributed by atoms with Gasteiger partial charge >= 0.3 is 12.3 Å². The molecule has 0 saturated carbocycles. The number of carbonyl (C=O) groups is 1. The molecule has 2 aromatic heterocycles. The van der Waals surface area contributed by atoms with Crippen molar-refractivity contribution >= 4 is 28.8 Å². The number of phenolic OH excluding ortho intramolecular Hbond substituents is 1. The Bertz CT molecular complexity index is 1490. The summed E-state index contributed by atoms with van der Waals surface area (Å²) < 4.78 is 62.9. The standard InChI is InChI=1S/C27H33F4N7O4/c1-26(2,3)42-25(41)33-11-10-32-22-16-14-19(27(29,30)31)38(21-17(28)6-5-7-18(21)39)23(40)20(16)35-24(36-22)34-15-8-12-37(4)13-9-15/h5-7,14-15,39H,8-13H2,1-4H3,(H,33,41)(H2,32,34,35,36). The van der Waals surface area contributed by atoms with Crippen LogP contribution in [0.3, 0.4) is 0 Å². The quantitative estimate of drug-likeness (QED) is 0.236. The maximum atomic E-state index is 14.8. The second kappa shape index (κ2) is 12.0. The van der Waals surface area contributed by atoms with Gasteiger partial charge in [0.1, 0.15) is 34.1 Å². The molecule has 1 aliphatic rings. The van der Waals surface area contributed by atoms with E-state index >= 15 is 0 Å². The Labute approximate surface area is 238 Å². The maximum Gasteiger partial charge on any atom is 0.431 e. The number of likely N-dealkylation sites (tertiary alicyclic amines) is 1. The Morgan fingerprint density at radius 1 is 1.14 bits per heavy atom. The van der Waals surface area contributed by atoms with E-state index in [0.717, 1.165) is 44.1 Å². The van der Waals surface area contributed by atoms with E-state index in [1.807, 2.05) is 7.05 Å². The van der Waals surface area contributed by atoms with Gasteiger partial charge in [-0.25, -0.2) is 14.2 Å². The van der Waals surface area contributed by atoms with Crippen molar-refractivity contribution in [1.82, 2.24) is 24.8 Å². The Morgan fingerprint density at radius 3 is 2.45 bits per heavy atom. The molecule has 42 heavy (non-hydrogen) atoms. The van der Waals surface area contributed by atoms with Crippen molar-refractivity contribution in [2.75, 3.05) is 43.9 Å². The lowest BCUT2D eigenvalue weighted by Gasteiger charge is -2.29. The Kier molecular flexibility index (Phi) is 8.80. The van der Waals surface area contributed by atoms with Crippen LogP contribution < -0.4 is 21.5 Å². The summed E-state index contributed by atoms with van der Waals surface area (Å²) in [5, 5.41) is 18.5. The van der Waals surface area contributed by atoms with E-state index in [0.29, 0.717) is 6.07 Å². The molecule has 228 valence electrons. The van der Waals surface area contributed by atoms with Gasteiger partial charge in [-0.2, -0.15) is 18.2 Å². The number of pyridine rings is 1. The molecule has 0 radical (unpaired) electrons. The normalized spacial score (nSPS) is 15.0. The molecule has 3 aromatic rings. The van der Waals surface area contributed by atoms with Gasteiger partial charge in [0.05, 0.1) is 5.39 Å². The molecular weight excluding hydrogens is 562 g/mol. The number of amides is 1. The van der Waals surface area contributed by atoms with E-state index in [9.17, 15) is 32.3 Å². The van der Waals surface area contributed by atoms with E-state index in [1.54, 1.807) is 20.8 Å². The summed E-state index contributed by atoms with van der Waals surface area (Å²) in [6.45, 7) is 6.71. The van der Waals surface area contributed by atoms with Crippen molar-refractivity contribution in [3.8, 4) is 11.4 Å². The molecule has 0 spiro atoms. The summed E-state index contributed by atoms with van der Waals surface area (Å²) in [7, 11) is 1.98. The minimum Gasteiger partial charge on any atom is -0.506 e. The fourth-order valence-electron chi connectivity index (χ4n) is 4.54. The number of halogens is 4. The fraction of sp³-hybridized carbons (Fsp3) is 0.481. The number of alkyl halides is 3. The van der Waals surface area contributed by atoms with Crippen LogP contribution in [0.25, 0.3) is 16.6 Å². The molecule has 1 fully saturated rings. The molecule has 1 aliphatic heterocycles. The second-order valence-electron chi connectivity index (χ2n) is 11.0. The largest absolute Gasteiger partial charge is 0.506 e. The van der Waals surface area contributed by atoms with Gasteiger partial charge in [-0.05, 0) is 71.9 Å². The highest BCUT2D eigenvalue weighted by Gasteiger charge is 2.38. The number of anilines is 2. The third-order valence-electron chi connectivity index (χ3n) is 6.49. The zero-order valence-corrected chi connectivity index (χ0v) is 23.6. The Hall–Kier alpha value is -4.14. The highest BCUT2D eigenvalue weighted by Crippen LogP contribution is 2.36. The van der Waals surface area contributed by atoms with Gasteiger partial charge in [0.2, 0.25) is 5.95 Å². The zero-order valence-electron chi connectivity index (χ0n) is 23.6. The number of fused-ring (bicyclic) bond motifs is 1. The third-order valence-corrected chi connectivity index (χ3v) is 6.49. The number of alkyl carbamates (subject to hydrolysis) is 1. The average Bonchev–Trinajstić information content (AvgIpc) is 2.87. The number of benzene rings is 1. The van der Waals surface area contributed by atoms with Crippen LogP contribution in [0.2, 0.25) is 0 Å². The molecule has 11 nitrogen and oxygen atoms in total. The first kappa shape index (κ1) is 30.8. The SMILES string of the molecule is CN1CCC(Nc2nc(NCCNC(=O)OC(C)(C)C)c3cc(C(F)(F)F)n(-c4c(O)cccc4F)c(=O)c3n2)CC1. The number of nitrogens with zero attached hydrogens (tertiary/aromatic N) is 4. The Morgan fingerprint density at radius 2 is 1.83 bits per heavy atom. The van der Waals surface area contributed by atoms with Crippen LogP contribution in [0, 0.1) is 5.82 Å². The third kappa shape index (κ3) is 7.19. The average molecular weight is 596 g/mol. The Balaban J connectivity index is 1.80. The molecule has 4 rings (SSSR count). The van der Waals surface area contributed by atoms with Crippen LogP contribution in [-0.2, 0) is 10.9 Å². The van der Waals surface area contributed by atoms with Crippen LogP contribution in [0.4, 0.5) is 34.1 Å². The molecule has 1 saturated heterocycles. The maximum absolute atomic E-state index is 14.8. The summed E-state index contributed by atoms with van der Waals surface area (Å²) in [4.78, 5) is 36.4. The number of nitrogens with one attached hydrogen (secondary N) is 3.